The van der Waals surface area contributed by atoms with Crippen LogP contribution >= 0.6 is 11.6 Å². The molecule has 2 aliphatic rings. The van der Waals surface area contributed by atoms with Gasteiger partial charge in [-0.15, -0.1) is 0 Å². The zero-order valence-corrected chi connectivity index (χ0v) is 20.1. The second-order valence-corrected chi connectivity index (χ2v) is 11.0. The molecule has 2 aliphatic heterocycles. The fourth-order valence-electron chi connectivity index (χ4n) is 4.11. The van der Waals surface area contributed by atoms with Crippen LogP contribution in [-0.4, -0.2) is 51.0 Å². The van der Waals surface area contributed by atoms with E-state index in [-0.39, 0.29) is 35.2 Å². The van der Waals surface area contributed by atoms with E-state index < -0.39 is 28.0 Å². The number of rotatable bonds is 5. The van der Waals surface area contributed by atoms with Crippen molar-refractivity contribution in [1.82, 2.24) is 4.90 Å². The summed E-state index contributed by atoms with van der Waals surface area (Å²) in [5.74, 6) is -0.800. The Kier molecular flexibility index (Phi) is 6.61. The third-order valence-electron chi connectivity index (χ3n) is 6.07. The molecule has 0 aromatic heterocycles. The van der Waals surface area contributed by atoms with Crippen molar-refractivity contribution in [2.24, 2.45) is 0 Å². The minimum Gasteiger partial charge on any atom is -0.480 e. The Morgan fingerprint density at radius 1 is 1.21 bits per heavy atom. The number of alkyl halides is 3. The van der Waals surface area contributed by atoms with Gasteiger partial charge in [0.25, 0.3) is 5.91 Å². The Balaban J connectivity index is 1.65. The normalized spacial score (nSPS) is 19.2. The van der Waals surface area contributed by atoms with E-state index in [1.54, 1.807) is 6.07 Å². The lowest BCUT2D eigenvalue weighted by Crippen LogP contribution is -2.32. The predicted octanol–water partition coefficient (Wildman–Crippen LogP) is 4.73. The molecular weight excluding hydrogens is 495 g/mol. The lowest BCUT2D eigenvalue weighted by Gasteiger charge is -2.22. The van der Waals surface area contributed by atoms with Crippen LogP contribution < -0.4 is 4.74 Å². The topological polar surface area (TPSA) is 72.9 Å². The van der Waals surface area contributed by atoms with Crippen molar-refractivity contribution in [2.75, 3.05) is 19.5 Å². The molecule has 184 valence electrons. The highest BCUT2D eigenvalue weighted by Gasteiger charge is 2.39. The number of nitrogens with zero attached hydrogens (tertiary/aromatic N) is 1. The zero-order chi connectivity index (χ0) is 24.8. The Bertz CT molecular complexity index is 1230. The van der Waals surface area contributed by atoms with Gasteiger partial charge < -0.3 is 14.4 Å². The third kappa shape index (κ3) is 5.04. The van der Waals surface area contributed by atoms with Crippen LogP contribution in [0.25, 0.3) is 0 Å². The first-order chi connectivity index (χ1) is 15.8. The van der Waals surface area contributed by atoms with Crippen molar-refractivity contribution in [2.45, 2.75) is 49.5 Å². The highest BCUT2D eigenvalue weighted by Crippen LogP contribution is 2.37. The van der Waals surface area contributed by atoms with Gasteiger partial charge in [-0.1, -0.05) is 17.7 Å². The van der Waals surface area contributed by atoms with Crippen LogP contribution in [0, 0.1) is 0 Å². The van der Waals surface area contributed by atoms with E-state index in [1.165, 1.54) is 4.90 Å². The van der Waals surface area contributed by atoms with E-state index in [0.29, 0.717) is 18.2 Å². The van der Waals surface area contributed by atoms with E-state index in [4.69, 9.17) is 21.1 Å². The molecule has 0 radical (unpaired) electrons. The number of hydrogen-bond acceptors (Lipinski definition) is 5. The van der Waals surface area contributed by atoms with Crippen molar-refractivity contribution in [3.63, 3.8) is 0 Å². The number of hydrogen-bond donors (Lipinski definition) is 0. The van der Waals surface area contributed by atoms with Crippen LogP contribution in [0.3, 0.4) is 0 Å². The lowest BCUT2D eigenvalue weighted by molar-refractivity contribution is -0.189. The number of sulfone groups is 1. The standard InChI is InChI=1S/C23H23ClF3NO5S/c1-13(23(25,26)27)33-21-4-3-17(34(2,30)31)9-19(21)22(29)28-10-15-7-18(14-5-6-32-12-14)20(24)8-16(15)11-28/h3-4,7-9,13-14H,5-6,10-12H2,1-2H3/t13-,14?/m0/s1. The van der Waals surface area contributed by atoms with Crippen LogP contribution in [-0.2, 0) is 27.7 Å². The molecule has 0 N–H and O–H groups in total. The van der Waals surface area contributed by atoms with Gasteiger partial charge in [0.05, 0.1) is 17.1 Å². The molecule has 4 rings (SSSR count). The minimum atomic E-state index is -4.66. The van der Waals surface area contributed by atoms with Crippen molar-refractivity contribution in [1.29, 1.82) is 0 Å². The van der Waals surface area contributed by atoms with Gasteiger partial charge >= 0.3 is 6.18 Å². The van der Waals surface area contributed by atoms with E-state index in [9.17, 15) is 26.4 Å². The Morgan fingerprint density at radius 2 is 1.88 bits per heavy atom. The number of carbonyl (C=O) groups excluding carboxylic acids is 1. The van der Waals surface area contributed by atoms with Gasteiger partial charge in [-0.2, -0.15) is 13.2 Å². The van der Waals surface area contributed by atoms with Crippen LogP contribution in [0.2, 0.25) is 5.02 Å². The molecule has 11 heteroatoms. The van der Waals surface area contributed by atoms with Crippen molar-refractivity contribution in [3.05, 3.63) is 57.6 Å². The number of benzene rings is 2. The SMILES string of the molecule is C[C@H](Oc1ccc(S(C)(=O)=O)cc1C(=O)N1Cc2cc(Cl)c(C3CCOC3)cc2C1)C(F)(F)F. The molecule has 0 saturated carbocycles. The molecule has 2 heterocycles. The monoisotopic (exact) mass is 517 g/mol. The summed E-state index contributed by atoms with van der Waals surface area (Å²) in [6.07, 6.45) is -5.04. The first-order valence-corrected chi connectivity index (χ1v) is 12.9. The van der Waals surface area contributed by atoms with Crippen molar-refractivity contribution < 1.29 is 35.9 Å². The molecule has 2 aromatic rings. The highest BCUT2D eigenvalue weighted by atomic mass is 35.5. The smallest absolute Gasteiger partial charge is 0.425 e. The first-order valence-electron chi connectivity index (χ1n) is 10.6. The quantitative estimate of drug-likeness (QED) is 0.573. The largest absolute Gasteiger partial charge is 0.480 e. The predicted molar refractivity (Wildman–Crippen MR) is 119 cm³/mol. The summed E-state index contributed by atoms with van der Waals surface area (Å²) in [5.41, 5.74) is 2.40. The molecule has 1 fully saturated rings. The number of ether oxygens (including phenoxy) is 2. The van der Waals surface area contributed by atoms with Gasteiger partial charge in [0, 0.05) is 36.9 Å². The molecule has 34 heavy (non-hydrogen) atoms. The van der Waals surface area contributed by atoms with Crippen LogP contribution in [0.15, 0.2) is 35.2 Å². The van der Waals surface area contributed by atoms with Crippen molar-refractivity contribution in [3.8, 4) is 5.75 Å². The highest BCUT2D eigenvalue weighted by molar-refractivity contribution is 7.90. The average molecular weight is 518 g/mol. The fourth-order valence-corrected chi connectivity index (χ4v) is 5.10. The van der Waals surface area contributed by atoms with Crippen LogP contribution in [0.5, 0.6) is 5.75 Å². The first kappa shape index (κ1) is 24.8. The Labute approximate surface area is 200 Å². The summed E-state index contributed by atoms with van der Waals surface area (Å²) < 4.78 is 73.8. The van der Waals surface area contributed by atoms with Gasteiger partial charge in [0.15, 0.2) is 15.9 Å². The molecule has 2 atom stereocenters. The van der Waals surface area contributed by atoms with Gasteiger partial charge in [-0.25, -0.2) is 8.42 Å². The van der Waals surface area contributed by atoms with E-state index in [0.717, 1.165) is 54.5 Å². The molecule has 1 saturated heterocycles. The van der Waals surface area contributed by atoms with E-state index in [2.05, 4.69) is 0 Å². The maximum atomic E-state index is 13.4. The Morgan fingerprint density at radius 3 is 2.47 bits per heavy atom. The second kappa shape index (κ2) is 9.05. The number of amides is 1. The zero-order valence-electron chi connectivity index (χ0n) is 18.5. The van der Waals surface area contributed by atoms with Gasteiger partial charge in [0.2, 0.25) is 0 Å². The number of halogens is 4. The average Bonchev–Trinajstić information content (AvgIpc) is 3.41. The summed E-state index contributed by atoms with van der Waals surface area (Å²) in [4.78, 5) is 14.6. The molecule has 1 unspecified atom stereocenters. The third-order valence-corrected chi connectivity index (χ3v) is 7.51. The maximum absolute atomic E-state index is 13.4. The molecule has 0 aliphatic carbocycles. The van der Waals surface area contributed by atoms with Gasteiger partial charge in [0.1, 0.15) is 5.75 Å². The lowest BCUT2D eigenvalue weighted by atomic mass is 9.95. The summed E-state index contributed by atoms with van der Waals surface area (Å²) in [5, 5.41) is 0.575. The summed E-state index contributed by atoms with van der Waals surface area (Å²) in [6, 6.07) is 7.02. The summed E-state index contributed by atoms with van der Waals surface area (Å²) >= 11 is 6.48. The summed E-state index contributed by atoms with van der Waals surface area (Å²) in [7, 11) is -3.71. The number of fused-ring (bicyclic) bond motifs is 1. The van der Waals surface area contributed by atoms with E-state index in [1.807, 2.05) is 6.07 Å². The van der Waals surface area contributed by atoms with Crippen LogP contribution in [0.1, 0.15) is 46.3 Å². The molecule has 0 spiro atoms. The Hall–Kier alpha value is -2.30. The van der Waals surface area contributed by atoms with E-state index >= 15 is 0 Å². The van der Waals surface area contributed by atoms with Crippen LogP contribution in [0.4, 0.5) is 13.2 Å². The maximum Gasteiger partial charge on any atom is 0.425 e. The van der Waals surface area contributed by atoms with Gasteiger partial charge in [-0.05, 0) is 54.3 Å². The fraction of sp³-hybridized carbons (Fsp3) is 0.435. The molecule has 0 bridgehead atoms. The molecular formula is C23H23ClF3NO5S. The van der Waals surface area contributed by atoms with Gasteiger partial charge in [-0.3, -0.25) is 4.79 Å². The number of carbonyl (C=O) groups is 1. The van der Waals surface area contributed by atoms with Crippen molar-refractivity contribution >= 4 is 27.3 Å². The second-order valence-electron chi connectivity index (χ2n) is 8.60. The summed E-state index contributed by atoms with van der Waals surface area (Å²) in [6.45, 7) is 2.44. The minimum absolute atomic E-state index is 0.165. The molecule has 2 aromatic carbocycles. The molecule has 6 nitrogen and oxygen atoms in total. The molecule has 1 amide bonds.